The fraction of sp³-hybridized carbons (Fsp3) is 0.370. The Hall–Kier alpha value is -3.25. The summed E-state index contributed by atoms with van der Waals surface area (Å²) in [5.74, 6) is 5.50. The number of carboxylic acids is 1. The second kappa shape index (κ2) is 19.4. The van der Waals surface area contributed by atoms with E-state index in [1.807, 2.05) is 71.9 Å². The van der Waals surface area contributed by atoms with Crippen molar-refractivity contribution in [3.8, 4) is 11.5 Å². The number of hydrogen-bond acceptors (Lipinski definition) is 5. The van der Waals surface area contributed by atoms with Crippen LogP contribution in [0.5, 0.6) is 11.5 Å². The lowest BCUT2D eigenvalue weighted by Gasteiger charge is -2.14. The monoisotopic (exact) mass is 458 g/mol. The summed E-state index contributed by atoms with van der Waals surface area (Å²) in [5.41, 5.74) is 5.49. The van der Waals surface area contributed by atoms with Crippen LogP contribution >= 0.6 is 0 Å². The largest absolute Gasteiger partial charge is 0.493 e. The summed E-state index contributed by atoms with van der Waals surface area (Å²) in [6.45, 7) is 22.1. The van der Waals surface area contributed by atoms with E-state index in [-0.39, 0.29) is 11.7 Å². The van der Waals surface area contributed by atoms with Crippen LogP contribution in [-0.4, -0.2) is 23.8 Å². The van der Waals surface area contributed by atoms with Crippen molar-refractivity contribution in [3.05, 3.63) is 78.6 Å². The Labute approximate surface area is 200 Å². The van der Waals surface area contributed by atoms with Crippen molar-refractivity contribution in [3.63, 3.8) is 0 Å². The third-order valence-corrected chi connectivity index (χ3v) is 3.87. The van der Waals surface area contributed by atoms with E-state index in [0.717, 1.165) is 29.1 Å². The number of carboxylic acid groups (broad SMARTS) is 1. The van der Waals surface area contributed by atoms with Crippen LogP contribution in [0.1, 0.15) is 60.5 Å². The molecule has 0 saturated carbocycles. The fourth-order valence-electron chi connectivity index (χ4n) is 2.34. The topological polar surface area (TPSA) is 93.8 Å². The van der Waals surface area contributed by atoms with Crippen LogP contribution in [0, 0.1) is 0 Å². The van der Waals surface area contributed by atoms with E-state index in [1.54, 1.807) is 13.0 Å². The van der Waals surface area contributed by atoms with Crippen molar-refractivity contribution in [1.82, 2.24) is 5.43 Å². The quantitative estimate of drug-likeness (QED) is 0.153. The molecule has 0 aliphatic carbocycles. The van der Waals surface area contributed by atoms with Crippen LogP contribution in [-0.2, 0) is 4.79 Å². The lowest BCUT2D eigenvalue weighted by molar-refractivity contribution is -0.132. The van der Waals surface area contributed by atoms with E-state index < -0.39 is 5.97 Å². The van der Waals surface area contributed by atoms with Gasteiger partial charge in [-0.25, -0.2) is 4.79 Å². The number of nitrogens with one attached hydrogen (secondary N) is 1. The van der Waals surface area contributed by atoms with Crippen molar-refractivity contribution >= 4 is 11.5 Å². The van der Waals surface area contributed by atoms with E-state index in [1.165, 1.54) is 17.8 Å². The van der Waals surface area contributed by atoms with Gasteiger partial charge in [0.2, 0.25) is 0 Å². The van der Waals surface area contributed by atoms with Gasteiger partial charge in [0.1, 0.15) is 11.5 Å². The second-order valence-corrected chi connectivity index (χ2v) is 6.88. The predicted octanol–water partition coefficient (Wildman–Crippen LogP) is 6.43. The van der Waals surface area contributed by atoms with Gasteiger partial charge in [-0.15, -0.1) is 0 Å². The highest BCUT2D eigenvalue weighted by atomic mass is 16.5. The lowest BCUT2D eigenvalue weighted by Crippen LogP contribution is -2.16. The van der Waals surface area contributed by atoms with Crippen molar-refractivity contribution in [1.29, 1.82) is 0 Å². The second-order valence-electron chi connectivity index (χ2n) is 6.88. The van der Waals surface area contributed by atoms with Gasteiger partial charge in [-0.1, -0.05) is 56.9 Å². The Morgan fingerprint density at radius 3 is 2.24 bits per heavy atom. The number of ether oxygens (including phenoxy) is 2. The number of aliphatic carboxylic acids is 1. The summed E-state index contributed by atoms with van der Waals surface area (Å²) in [7, 11) is 0. The highest BCUT2D eigenvalue weighted by Crippen LogP contribution is 2.27. The minimum Gasteiger partial charge on any atom is -0.493 e. The third-order valence-electron chi connectivity index (χ3n) is 3.87. The van der Waals surface area contributed by atoms with Crippen LogP contribution in [0.4, 0.5) is 0 Å². The standard InChI is InChI=1S/C19H26O2.C6H10N2O2.C2H6/c1-7-16(8-2)9-10-20-18-11-17(14(3)4)12-19(13-18)21-15(5)6;1-2-3-5(4-8-7)6(9)10;1-2/h7-8,11-13,15H,1,3,9-10H2,2,4-6H3;2-4,8H,7H2,1H3,(H,9,10);1-2H3/b16-8+;3-2-,5-4+;. The van der Waals surface area contributed by atoms with E-state index in [4.69, 9.17) is 20.4 Å². The molecule has 0 saturated heterocycles. The number of allylic oxidation sites excluding steroid dienone is 4. The molecule has 0 spiro atoms. The number of rotatable bonds is 11. The SMILES string of the molecule is C/C=C\C(=C/NN)C(=O)O.C=C/C(=C\C)CCOc1cc(OC(C)C)cc(C(=C)C)c1.CC. The Kier molecular flexibility index (Phi) is 18.8. The fourth-order valence-corrected chi connectivity index (χ4v) is 2.34. The molecule has 0 bridgehead atoms. The first kappa shape index (κ1) is 31.9. The molecule has 0 aliphatic rings. The molecule has 1 rings (SSSR count). The maximum Gasteiger partial charge on any atom is 0.337 e. The molecule has 0 aromatic heterocycles. The molecule has 0 radical (unpaired) electrons. The molecule has 1 aromatic carbocycles. The molecule has 0 atom stereocenters. The van der Waals surface area contributed by atoms with Gasteiger partial charge < -0.3 is 20.0 Å². The van der Waals surface area contributed by atoms with Crippen molar-refractivity contribution in [2.45, 2.75) is 61.0 Å². The zero-order valence-corrected chi connectivity index (χ0v) is 21.3. The van der Waals surface area contributed by atoms with Crippen LogP contribution < -0.4 is 20.7 Å². The Balaban J connectivity index is 0. The molecule has 0 fully saturated rings. The average Bonchev–Trinajstić information content (AvgIpc) is 2.77. The van der Waals surface area contributed by atoms with Gasteiger partial charge in [-0.2, -0.15) is 0 Å². The molecule has 0 amide bonds. The number of benzene rings is 1. The minimum atomic E-state index is -1.00. The van der Waals surface area contributed by atoms with E-state index in [2.05, 4.69) is 18.6 Å². The molecule has 6 nitrogen and oxygen atoms in total. The van der Waals surface area contributed by atoms with Crippen LogP contribution in [0.25, 0.3) is 5.57 Å². The number of hydrogen-bond donors (Lipinski definition) is 3. The number of carbonyl (C=O) groups is 1. The first-order chi connectivity index (χ1) is 15.7. The first-order valence-electron chi connectivity index (χ1n) is 11.1. The van der Waals surface area contributed by atoms with Gasteiger partial charge >= 0.3 is 5.97 Å². The molecule has 4 N–H and O–H groups in total. The summed E-state index contributed by atoms with van der Waals surface area (Å²) in [6.07, 6.45) is 9.17. The molecular weight excluding hydrogens is 416 g/mol. The Bertz CT molecular complexity index is 821. The molecule has 0 aliphatic heterocycles. The summed E-state index contributed by atoms with van der Waals surface area (Å²) in [6, 6.07) is 5.92. The third kappa shape index (κ3) is 15.2. The van der Waals surface area contributed by atoms with Crippen molar-refractivity contribution in [2.24, 2.45) is 5.84 Å². The van der Waals surface area contributed by atoms with Gasteiger partial charge in [0, 0.05) is 18.7 Å². The zero-order valence-electron chi connectivity index (χ0n) is 21.3. The maximum absolute atomic E-state index is 10.3. The summed E-state index contributed by atoms with van der Waals surface area (Å²) in [4.78, 5) is 10.3. The van der Waals surface area contributed by atoms with E-state index in [9.17, 15) is 4.79 Å². The van der Waals surface area contributed by atoms with Crippen molar-refractivity contribution in [2.75, 3.05) is 6.61 Å². The van der Waals surface area contributed by atoms with Gasteiger partial charge in [0.05, 0.1) is 18.3 Å². The highest BCUT2D eigenvalue weighted by molar-refractivity contribution is 5.89. The molecule has 33 heavy (non-hydrogen) atoms. The predicted molar refractivity (Wildman–Crippen MR) is 140 cm³/mol. The van der Waals surface area contributed by atoms with E-state index >= 15 is 0 Å². The molecule has 0 unspecified atom stereocenters. The summed E-state index contributed by atoms with van der Waals surface area (Å²) in [5, 5.41) is 8.42. The molecule has 1 aromatic rings. The van der Waals surface area contributed by atoms with Crippen molar-refractivity contribution < 1.29 is 19.4 Å². The Morgan fingerprint density at radius 1 is 1.21 bits per heavy atom. The molecule has 0 heterocycles. The summed E-state index contributed by atoms with van der Waals surface area (Å²) < 4.78 is 11.6. The number of nitrogens with two attached hydrogens (primary N) is 1. The van der Waals surface area contributed by atoms with Gasteiger partial charge in [0.15, 0.2) is 0 Å². The average molecular weight is 459 g/mol. The van der Waals surface area contributed by atoms with E-state index in [0.29, 0.717) is 6.61 Å². The molecule has 6 heteroatoms. The van der Waals surface area contributed by atoms with Crippen LogP contribution in [0.2, 0.25) is 0 Å². The molecular formula is C27H42N2O4. The van der Waals surface area contributed by atoms with Crippen LogP contribution in [0.15, 0.2) is 73.0 Å². The minimum absolute atomic E-state index is 0.130. The maximum atomic E-state index is 10.3. The lowest BCUT2D eigenvalue weighted by atomic mass is 10.1. The normalized spacial score (nSPS) is 11.1. The Morgan fingerprint density at radius 2 is 1.82 bits per heavy atom. The van der Waals surface area contributed by atoms with Gasteiger partial charge in [-0.3, -0.25) is 5.84 Å². The molecule has 184 valence electrons. The number of hydrazine groups is 1. The highest BCUT2D eigenvalue weighted by Gasteiger charge is 2.06. The van der Waals surface area contributed by atoms with Gasteiger partial charge in [0.25, 0.3) is 0 Å². The van der Waals surface area contributed by atoms with Crippen LogP contribution in [0.3, 0.4) is 0 Å². The first-order valence-corrected chi connectivity index (χ1v) is 11.1. The summed E-state index contributed by atoms with van der Waals surface area (Å²) >= 11 is 0. The van der Waals surface area contributed by atoms with Gasteiger partial charge in [-0.05, 0) is 57.9 Å². The smallest absolute Gasteiger partial charge is 0.337 e. The zero-order chi connectivity index (χ0) is 25.8.